The number of guanidine groups is 1. The highest BCUT2D eigenvalue weighted by molar-refractivity contribution is 5.77. The highest BCUT2D eigenvalue weighted by Gasteiger charge is 2.15. The summed E-state index contributed by atoms with van der Waals surface area (Å²) < 4.78 is 5.45. The average Bonchev–Trinajstić information content (AvgIpc) is 2.96. The molecule has 1 aromatic rings. The normalized spacial score (nSPS) is 19.0. The van der Waals surface area contributed by atoms with E-state index in [-0.39, 0.29) is 24.3 Å². The first-order chi connectivity index (χ1) is 9.66. The third-order valence-electron chi connectivity index (χ3n) is 3.14. The van der Waals surface area contributed by atoms with E-state index in [1.807, 2.05) is 0 Å². The SMILES string of the molecule is NC(=NCc1ccccc1[N+](=O)[O-])NCC1CCCO1. The van der Waals surface area contributed by atoms with Gasteiger partial charge in [0.2, 0.25) is 0 Å². The van der Waals surface area contributed by atoms with E-state index in [1.165, 1.54) is 6.07 Å². The molecular weight excluding hydrogens is 260 g/mol. The molecule has 7 heteroatoms. The Morgan fingerprint density at radius 2 is 2.35 bits per heavy atom. The minimum Gasteiger partial charge on any atom is -0.376 e. The van der Waals surface area contributed by atoms with Gasteiger partial charge in [-0.15, -0.1) is 0 Å². The number of para-hydroxylation sites is 1. The average molecular weight is 278 g/mol. The van der Waals surface area contributed by atoms with Crippen LogP contribution in [0.4, 0.5) is 5.69 Å². The molecule has 1 saturated heterocycles. The zero-order valence-electron chi connectivity index (χ0n) is 11.1. The lowest BCUT2D eigenvalue weighted by Gasteiger charge is -2.11. The van der Waals surface area contributed by atoms with Crippen LogP contribution in [-0.2, 0) is 11.3 Å². The number of nitrogens with one attached hydrogen (secondary N) is 1. The van der Waals surface area contributed by atoms with Crippen LogP contribution < -0.4 is 11.1 Å². The van der Waals surface area contributed by atoms with Gasteiger partial charge in [-0.2, -0.15) is 0 Å². The Labute approximate surface area is 117 Å². The van der Waals surface area contributed by atoms with Crippen molar-refractivity contribution in [1.82, 2.24) is 5.32 Å². The summed E-state index contributed by atoms with van der Waals surface area (Å²) in [6.45, 7) is 1.59. The van der Waals surface area contributed by atoms with Crippen molar-refractivity contribution in [1.29, 1.82) is 0 Å². The van der Waals surface area contributed by atoms with Crippen LogP contribution >= 0.6 is 0 Å². The quantitative estimate of drug-likeness (QED) is 0.364. The summed E-state index contributed by atoms with van der Waals surface area (Å²) in [5, 5.41) is 13.8. The molecule has 0 aromatic heterocycles. The topological polar surface area (TPSA) is 103 Å². The number of nitrogens with two attached hydrogens (primary N) is 1. The van der Waals surface area contributed by atoms with Gasteiger partial charge in [-0.05, 0) is 12.8 Å². The van der Waals surface area contributed by atoms with Gasteiger partial charge in [-0.25, -0.2) is 4.99 Å². The van der Waals surface area contributed by atoms with Crippen LogP contribution in [0.2, 0.25) is 0 Å². The molecule has 0 radical (unpaired) electrons. The smallest absolute Gasteiger partial charge is 0.274 e. The molecule has 20 heavy (non-hydrogen) atoms. The van der Waals surface area contributed by atoms with Gasteiger partial charge in [0.15, 0.2) is 5.96 Å². The van der Waals surface area contributed by atoms with Crippen molar-refractivity contribution in [2.24, 2.45) is 10.7 Å². The molecule has 2 rings (SSSR count). The highest BCUT2D eigenvalue weighted by Crippen LogP contribution is 2.18. The number of nitro benzene ring substituents is 1. The highest BCUT2D eigenvalue weighted by atomic mass is 16.6. The first-order valence-corrected chi connectivity index (χ1v) is 6.54. The summed E-state index contributed by atoms with van der Waals surface area (Å²) in [4.78, 5) is 14.6. The van der Waals surface area contributed by atoms with Crippen molar-refractivity contribution >= 4 is 11.6 Å². The Hall–Kier alpha value is -2.15. The van der Waals surface area contributed by atoms with Crippen LogP contribution in [0.5, 0.6) is 0 Å². The molecular formula is C13H18N4O3. The number of nitro groups is 1. The van der Waals surface area contributed by atoms with Gasteiger partial charge in [-0.3, -0.25) is 10.1 Å². The Morgan fingerprint density at radius 3 is 3.05 bits per heavy atom. The van der Waals surface area contributed by atoms with Crippen molar-refractivity contribution < 1.29 is 9.66 Å². The van der Waals surface area contributed by atoms with Gasteiger partial charge in [0.25, 0.3) is 5.69 Å². The lowest BCUT2D eigenvalue weighted by molar-refractivity contribution is -0.385. The number of rotatable bonds is 5. The molecule has 1 fully saturated rings. The maximum atomic E-state index is 10.9. The van der Waals surface area contributed by atoms with E-state index in [0.717, 1.165) is 19.4 Å². The van der Waals surface area contributed by atoms with Gasteiger partial charge < -0.3 is 15.8 Å². The molecule has 0 spiro atoms. The molecule has 0 saturated carbocycles. The first kappa shape index (κ1) is 14.3. The van der Waals surface area contributed by atoms with Crippen molar-refractivity contribution in [3.63, 3.8) is 0 Å². The number of aliphatic imine (C=N–C) groups is 1. The van der Waals surface area contributed by atoms with E-state index in [9.17, 15) is 10.1 Å². The lowest BCUT2D eigenvalue weighted by Crippen LogP contribution is -2.37. The van der Waals surface area contributed by atoms with Crippen LogP contribution in [0.25, 0.3) is 0 Å². The zero-order valence-corrected chi connectivity index (χ0v) is 11.1. The van der Waals surface area contributed by atoms with Crippen molar-refractivity contribution in [3.8, 4) is 0 Å². The Balaban J connectivity index is 1.89. The van der Waals surface area contributed by atoms with E-state index in [4.69, 9.17) is 10.5 Å². The molecule has 108 valence electrons. The number of benzene rings is 1. The monoisotopic (exact) mass is 278 g/mol. The fourth-order valence-electron chi connectivity index (χ4n) is 2.07. The Bertz CT molecular complexity index is 498. The molecule has 0 bridgehead atoms. The second-order valence-corrected chi connectivity index (χ2v) is 4.60. The largest absolute Gasteiger partial charge is 0.376 e. The molecule has 1 heterocycles. The molecule has 0 aliphatic carbocycles. The summed E-state index contributed by atoms with van der Waals surface area (Å²) in [6.07, 6.45) is 2.26. The predicted molar refractivity (Wildman–Crippen MR) is 75.4 cm³/mol. The second-order valence-electron chi connectivity index (χ2n) is 4.60. The third kappa shape index (κ3) is 3.92. The second kappa shape index (κ2) is 6.85. The van der Waals surface area contributed by atoms with E-state index >= 15 is 0 Å². The van der Waals surface area contributed by atoms with Crippen LogP contribution in [-0.4, -0.2) is 30.1 Å². The van der Waals surface area contributed by atoms with E-state index < -0.39 is 4.92 Å². The minimum absolute atomic E-state index is 0.0585. The number of nitrogens with zero attached hydrogens (tertiary/aromatic N) is 2. The molecule has 7 nitrogen and oxygen atoms in total. The number of hydrogen-bond donors (Lipinski definition) is 2. The molecule has 1 aliphatic rings. The van der Waals surface area contributed by atoms with Crippen LogP contribution in [0.15, 0.2) is 29.3 Å². The molecule has 3 N–H and O–H groups in total. The predicted octanol–water partition coefficient (Wildman–Crippen LogP) is 1.18. The van der Waals surface area contributed by atoms with Crippen LogP contribution in [0.3, 0.4) is 0 Å². The van der Waals surface area contributed by atoms with E-state index in [2.05, 4.69) is 10.3 Å². The van der Waals surface area contributed by atoms with Gasteiger partial charge in [0, 0.05) is 19.2 Å². The summed E-state index contributed by atoms with van der Waals surface area (Å²) in [7, 11) is 0. The Kier molecular flexibility index (Phi) is 4.89. The fraction of sp³-hybridized carbons (Fsp3) is 0.462. The van der Waals surface area contributed by atoms with Gasteiger partial charge in [-0.1, -0.05) is 18.2 Å². The summed E-state index contributed by atoms with van der Waals surface area (Å²) in [6, 6.07) is 6.51. The standard InChI is InChI=1S/C13H18N4O3/c14-13(16-9-11-5-3-7-20-11)15-8-10-4-1-2-6-12(10)17(18)19/h1-2,4,6,11H,3,5,7-9H2,(H3,14,15,16). The maximum absolute atomic E-state index is 10.9. The van der Waals surface area contributed by atoms with Gasteiger partial charge in [0.1, 0.15) is 0 Å². The third-order valence-corrected chi connectivity index (χ3v) is 3.14. The van der Waals surface area contributed by atoms with E-state index in [0.29, 0.717) is 12.1 Å². The molecule has 0 amide bonds. The maximum Gasteiger partial charge on any atom is 0.274 e. The molecule has 1 unspecified atom stereocenters. The molecule has 1 aromatic carbocycles. The first-order valence-electron chi connectivity index (χ1n) is 6.54. The Morgan fingerprint density at radius 1 is 1.55 bits per heavy atom. The summed E-state index contributed by atoms with van der Waals surface area (Å²) in [5.74, 6) is 0.277. The number of ether oxygens (including phenoxy) is 1. The van der Waals surface area contributed by atoms with Crippen molar-refractivity contribution in [2.75, 3.05) is 13.2 Å². The van der Waals surface area contributed by atoms with E-state index in [1.54, 1.807) is 18.2 Å². The summed E-state index contributed by atoms with van der Waals surface area (Å²) >= 11 is 0. The lowest BCUT2D eigenvalue weighted by atomic mass is 10.2. The molecule has 1 atom stereocenters. The van der Waals surface area contributed by atoms with Crippen molar-refractivity contribution in [2.45, 2.75) is 25.5 Å². The van der Waals surface area contributed by atoms with Crippen LogP contribution in [0, 0.1) is 10.1 Å². The van der Waals surface area contributed by atoms with Crippen molar-refractivity contribution in [3.05, 3.63) is 39.9 Å². The summed E-state index contributed by atoms with van der Waals surface area (Å²) in [5.41, 5.74) is 6.34. The minimum atomic E-state index is -0.416. The van der Waals surface area contributed by atoms with Gasteiger partial charge >= 0.3 is 0 Å². The molecule has 1 aliphatic heterocycles. The van der Waals surface area contributed by atoms with Crippen LogP contribution in [0.1, 0.15) is 18.4 Å². The zero-order chi connectivity index (χ0) is 14.4. The van der Waals surface area contributed by atoms with Gasteiger partial charge in [0.05, 0.1) is 23.1 Å². The fourth-order valence-corrected chi connectivity index (χ4v) is 2.07. The number of hydrogen-bond acceptors (Lipinski definition) is 4.